The Balaban J connectivity index is 1.58. The lowest BCUT2D eigenvalue weighted by Gasteiger charge is -2.20. The van der Waals surface area contributed by atoms with Crippen LogP contribution >= 0.6 is 11.8 Å². The second kappa shape index (κ2) is 6.08. The van der Waals surface area contributed by atoms with Crippen LogP contribution in [0.15, 0.2) is 24.3 Å². The van der Waals surface area contributed by atoms with E-state index in [2.05, 4.69) is 35.1 Å². The van der Waals surface area contributed by atoms with Crippen molar-refractivity contribution in [2.24, 2.45) is 0 Å². The van der Waals surface area contributed by atoms with Gasteiger partial charge in [0.15, 0.2) is 0 Å². The first kappa shape index (κ1) is 13.8. The maximum atomic E-state index is 12.3. The fourth-order valence-corrected chi connectivity index (χ4v) is 4.34. The fraction of sp³-hybridized carbons (Fsp3) is 0.562. The molecule has 3 nitrogen and oxygen atoms in total. The van der Waals surface area contributed by atoms with E-state index in [0.717, 1.165) is 13.0 Å². The molecule has 4 heteroatoms. The lowest BCUT2D eigenvalue weighted by molar-refractivity contribution is -0.122. The number of hydrogen-bond donors (Lipinski definition) is 2. The molecule has 1 fully saturated rings. The van der Waals surface area contributed by atoms with Gasteiger partial charge in [-0.1, -0.05) is 24.6 Å². The Morgan fingerprint density at radius 2 is 2.25 bits per heavy atom. The van der Waals surface area contributed by atoms with Crippen LogP contribution in [-0.4, -0.2) is 30.0 Å². The Morgan fingerprint density at radius 1 is 1.40 bits per heavy atom. The molecular weight excluding hydrogens is 268 g/mol. The van der Waals surface area contributed by atoms with Crippen LogP contribution < -0.4 is 10.6 Å². The van der Waals surface area contributed by atoms with Crippen molar-refractivity contribution in [3.63, 3.8) is 0 Å². The molecule has 3 rings (SSSR count). The van der Waals surface area contributed by atoms with Crippen molar-refractivity contribution < 1.29 is 4.79 Å². The zero-order valence-corrected chi connectivity index (χ0v) is 12.7. The van der Waals surface area contributed by atoms with Crippen molar-refractivity contribution in [3.05, 3.63) is 29.8 Å². The standard InChI is InChI=1S/C16H22N2OS/c1-20-15-8-4-7-14(15)18-16(19)9-11-10-17-13-6-3-2-5-12(11)13/h2-3,5-6,11,14-15,17H,4,7-10H2,1H3,(H,18,19). The van der Waals surface area contributed by atoms with Gasteiger partial charge in [-0.15, -0.1) is 0 Å². The molecule has 2 N–H and O–H groups in total. The van der Waals surface area contributed by atoms with Crippen LogP contribution in [0.3, 0.4) is 0 Å². The average Bonchev–Trinajstić information content (AvgIpc) is 3.06. The number of anilines is 1. The number of amides is 1. The van der Waals surface area contributed by atoms with Crippen LogP contribution in [0.4, 0.5) is 5.69 Å². The lowest BCUT2D eigenvalue weighted by Crippen LogP contribution is -2.39. The van der Waals surface area contributed by atoms with Gasteiger partial charge in [0.1, 0.15) is 0 Å². The second-order valence-electron chi connectivity index (χ2n) is 5.75. The van der Waals surface area contributed by atoms with E-state index in [1.165, 1.54) is 24.1 Å². The first-order chi connectivity index (χ1) is 9.78. The molecule has 2 aliphatic rings. The molecule has 1 aliphatic carbocycles. The average molecular weight is 290 g/mol. The SMILES string of the molecule is CSC1CCCC1NC(=O)CC1CNc2ccccc21. The summed E-state index contributed by atoms with van der Waals surface area (Å²) in [4.78, 5) is 12.3. The zero-order chi connectivity index (χ0) is 13.9. The molecule has 1 aliphatic heterocycles. The second-order valence-corrected chi connectivity index (χ2v) is 6.83. The topological polar surface area (TPSA) is 41.1 Å². The van der Waals surface area contributed by atoms with Gasteiger partial charge in [-0.2, -0.15) is 11.8 Å². The summed E-state index contributed by atoms with van der Waals surface area (Å²) in [6.07, 6.45) is 6.36. The monoisotopic (exact) mass is 290 g/mol. The maximum absolute atomic E-state index is 12.3. The van der Waals surface area contributed by atoms with Gasteiger partial charge >= 0.3 is 0 Å². The van der Waals surface area contributed by atoms with Crippen LogP contribution in [-0.2, 0) is 4.79 Å². The van der Waals surface area contributed by atoms with Crippen LogP contribution in [0, 0.1) is 0 Å². The smallest absolute Gasteiger partial charge is 0.220 e. The maximum Gasteiger partial charge on any atom is 0.220 e. The number of fused-ring (bicyclic) bond motifs is 1. The molecule has 1 amide bonds. The van der Waals surface area contributed by atoms with Crippen molar-refractivity contribution in [3.8, 4) is 0 Å². The Bertz CT molecular complexity index is 491. The number of para-hydroxylation sites is 1. The highest BCUT2D eigenvalue weighted by atomic mass is 32.2. The first-order valence-electron chi connectivity index (χ1n) is 7.43. The predicted molar refractivity (Wildman–Crippen MR) is 85.4 cm³/mol. The number of carbonyl (C=O) groups is 1. The number of carbonyl (C=O) groups excluding carboxylic acids is 1. The molecule has 3 unspecified atom stereocenters. The Labute approximate surface area is 124 Å². The number of hydrogen-bond acceptors (Lipinski definition) is 3. The molecule has 1 heterocycles. The van der Waals surface area contributed by atoms with Gasteiger partial charge in [-0.3, -0.25) is 4.79 Å². The van der Waals surface area contributed by atoms with Crippen molar-refractivity contribution in [1.29, 1.82) is 0 Å². The number of benzene rings is 1. The van der Waals surface area contributed by atoms with Gasteiger partial charge in [0.05, 0.1) is 0 Å². The predicted octanol–water partition coefficient (Wildman–Crippen LogP) is 2.99. The normalized spacial score (nSPS) is 27.9. The number of nitrogens with one attached hydrogen (secondary N) is 2. The molecular formula is C16H22N2OS. The third kappa shape index (κ3) is 2.80. The Kier molecular flexibility index (Phi) is 4.20. The van der Waals surface area contributed by atoms with Crippen molar-refractivity contribution in [2.45, 2.75) is 42.9 Å². The molecule has 3 atom stereocenters. The Hall–Kier alpha value is -1.16. The van der Waals surface area contributed by atoms with Gasteiger partial charge in [0, 0.05) is 35.9 Å². The summed E-state index contributed by atoms with van der Waals surface area (Å²) in [6.45, 7) is 0.878. The highest BCUT2D eigenvalue weighted by molar-refractivity contribution is 7.99. The molecule has 1 saturated carbocycles. The highest BCUT2D eigenvalue weighted by Gasteiger charge is 2.29. The van der Waals surface area contributed by atoms with Crippen LogP contribution in [0.5, 0.6) is 0 Å². The van der Waals surface area contributed by atoms with Crippen molar-refractivity contribution in [2.75, 3.05) is 18.1 Å². The van der Waals surface area contributed by atoms with E-state index in [0.29, 0.717) is 23.6 Å². The summed E-state index contributed by atoms with van der Waals surface area (Å²) < 4.78 is 0. The van der Waals surface area contributed by atoms with Crippen LogP contribution in [0.1, 0.15) is 37.2 Å². The van der Waals surface area contributed by atoms with Crippen molar-refractivity contribution in [1.82, 2.24) is 5.32 Å². The van der Waals surface area contributed by atoms with Gasteiger partial charge in [0.2, 0.25) is 5.91 Å². The number of rotatable bonds is 4. The molecule has 0 aromatic heterocycles. The quantitative estimate of drug-likeness (QED) is 0.895. The first-order valence-corrected chi connectivity index (χ1v) is 8.71. The molecule has 1 aromatic rings. The summed E-state index contributed by atoms with van der Waals surface area (Å²) in [5.41, 5.74) is 2.48. The molecule has 108 valence electrons. The lowest BCUT2D eigenvalue weighted by atomic mass is 9.97. The fourth-order valence-electron chi connectivity index (χ4n) is 3.40. The summed E-state index contributed by atoms with van der Waals surface area (Å²) in [5.74, 6) is 0.528. The van der Waals surface area contributed by atoms with E-state index in [9.17, 15) is 4.79 Å². The molecule has 0 spiro atoms. The van der Waals surface area contributed by atoms with Crippen LogP contribution in [0.25, 0.3) is 0 Å². The van der Waals surface area contributed by atoms with Crippen LogP contribution in [0.2, 0.25) is 0 Å². The van der Waals surface area contributed by atoms with Gasteiger partial charge in [-0.05, 0) is 30.7 Å². The van der Waals surface area contributed by atoms with E-state index in [-0.39, 0.29) is 5.91 Å². The van der Waals surface area contributed by atoms with E-state index < -0.39 is 0 Å². The minimum absolute atomic E-state index is 0.208. The van der Waals surface area contributed by atoms with Gasteiger partial charge < -0.3 is 10.6 Å². The van der Waals surface area contributed by atoms with E-state index in [1.807, 2.05) is 17.8 Å². The van der Waals surface area contributed by atoms with E-state index in [4.69, 9.17) is 0 Å². The summed E-state index contributed by atoms with van der Waals surface area (Å²) in [7, 11) is 0. The zero-order valence-electron chi connectivity index (χ0n) is 11.9. The molecule has 0 saturated heterocycles. The third-order valence-corrected chi connectivity index (χ3v) is 5.64. The highest BCUT2D eigenvalue weighted by Crippen LogP contribution is 2.33. The van der Waals surface area contributed by atoms with Crippen molar-refractivity contribution >= 4 is 23.4 Å². The largest absolute Gasteiger partial charge is 0.384 e. The minimum atomic E-state index is 0.208. The third-order valence-electron chi connectivity index (χ3n) is 4.47. The minimum Gasteiger partial charge on any atom is -0.384 e. The molecule has 0 radical (unpaired) electrons. The Morgan fingerprint density at radius 3 is 3.10 bits per heavy atom. The van der Waals surface area contributed by atoms with Gasteiger partial charge in [-0.25, -0.2) is 0 Å². The van der Waals surface area contributed by atoms with E-state index >= 15 is 0 Å². The summed E-state index contributed by atoms with van der Waals surface area (Å²) in [6, 6.07) is 8.69. The van der Waals surface area contributed by atoms with Gasteiger partial charge in [0.25, 0.3) is 0 Å². The molecule has 0 bridgehead atoms. The summed E-state index contributed by atoms with van der Waals surface area (Å²) in [5, 5.41) is 7.24. The number of thioether (sulfide) groups is 1. The van der Waals surface area contributed by atoms with E-state index in [1.54, 1.807) is 0 Å². The molecule has 20 heavy (non-hydrogen) atoms. The molecule has 1 aromatic carbocycles. The summed E-state index contributed by atoms with van der Waals surface area (Å²) >= 11 is 1.89.